The molecule has 26 heavy (non-hydrogen) atoms. The van der Waals surface area contributed by atoms with Crippen molar-refractivity contribution in [3.05, 3.63) is 64.2 Å². The van der Waals surface area contributed by atoms with Gasteiger partial charge in [-0.1, -0.05) is 69.3 Å². The maximum atomic E-state index is 12.6. The molecule has 0 aliphatic heterocycles. The summed E-state index contributed by atoms with van der Waals surface area (Å²) in [6.07, 6.45) is 0. The lowest BCUT2D eigenvalue weighted by atomic mass is 9.87. The zero-order valence-electron chi connectivity index (χ0n) is 15.9. The average Bonchev–Trinajstić information content (AvgIpc) is 2.57. The molecule has 0 radical (unpaired) electrons. The summed E-state index contributed by atoms with van der Waals surface area (Å²) in [6, 6.07) is 13.4. The zero-order chi connectivity index (χ0) is 19.3. The first-order valence-corrected chi connectivity index (χ1v) is 9.96. The Labute approximate surface area is 165 Å². The lowest BCUT2D eigenvalue weighted by molar-refractivity contribution is 0.100. The second-order valence-corrected chi connectivity index (χ2v) is 8.75. The molecule has 5 heteroatoms. The van der Waals surface area contributed by atoms with Crippen LogP contribution in [0.1, 0.15) is 49.2 Å². The Kier molecular flexibility index (Phi) is 6.90. The van der Waals surface area contributed by atoms with Crippen LogP contribution in [0.4, 0.5) is 5.69 Å². The van der Waals surface area contributed by atoms with E-state index in [1.807, 2.05) is 56.3 Å². The monoisotopic (exact) mass is 388 g/mol. The van der Waals surface area contributed by atoms with Crippen molar-refractivity contribution in [1.29, 1.82) is 0 Å². The van der Waals surface area contributed by atoms with Gasteiger partial charge in [0.05, 0.1) is 10.7 Å². The van der Waals surface area contributed by atoms with E-state index in [1.54, 1.807) is 0 Å². The molecule has 0 heterocycles. The highest BCUT2D eigenvalue weighted by atomic mass is 35.5. The third-order valence-electron chi connectivity index (χ3n) is 3.85. The Balaban J connectivity index is 2.24. The largest absolute Gasteiger partial charge is 0.333 e. The van der Waals surface area contributed by atoms with E-state index in [1.165, 1.54) is 17.3 Å². The average molecular weight is 389 g/mol. The molecule has 0 bridgehead atoms. The molecule has 0 saturated heterocycles. The number of nitrogens with one attached hydrogen (secondary N) is 1. The topological polar surface area (TPSA) is 41.5 Å². The van der Waals surface area contributed by atoms with E-state index < -0.39 is 0 Å². The molecule has 1 N–H and O–H groups in total. The molecular weight excluding hydrogens is 364 g/mol. The number of hydrogen-bond acceptors (Lipinski definition) is 2. The molecule has 2 aromatic rings. The number of benzene rings is 2. The number of anilines is 1. The minimum absolute atomic E-state index is 0.0531. The number of amides is 1. The lowest BCUT2D eigenvalue weighted by Crippen LogP contribution is -2.13. The maximum Gasteiger partial charge on any atom is 0.279 e. The van der Waals surface area contributed by atoms with Crippen LogP contribution in [0.3, 0.4) is 0 Å². The summed E-state index contributed by atoms with van der Waals surface area (Å²) in [7, 11) is 0. The summed E-state index contributed by atoms with van der Waals surface area (Å²) in [5, 5.41) is 4.33. The van der Waals surface area contributed by atoms with Crippen molar-refractivity contribution in [1.82, 2.24) is 0 Å². The molecule has 0 atom stereocenters. The Bertz CT molecular complexity index is 808. The number of hydrogen-bond donors (Lipinski definition) is 1. The fourth-order valence-electron chi connectivity index (χ4n) is 2.35. The van der Waals surface area contributed by atoms with E-state index in [0.717, 1.165) is 17.0 Å². The fourth-order valence-corrected chi connectivity index (χ4v) is 3.12. The minimum Gasteiger partial charge on any atom is -0.333 e. The standard InChI is InChI=1S/C21H25ClN2OS/c1-6-26-20(23-18-13-14(2)7-12-17(18)22)24-19(25)15-8-10-16(11-9-15)21(3,4)5/h7-13H,6H2,1-5H3,(H,23,24,25). The third-order valence-corrected chi connectivity index (χ3v) is 4.93. The van der Waals surface area contributed by atoms with Gasteiger partial charge in [-0.15, -0.1) is 0 Å². The second-order valence-electron chi connectivity index (χ2n) is 7.09. The number of amidine groups is 1. The highest BCUT2D eigenvalue weighted by Gasteiger charge is 2.15. The van der Waals surface area contributed by atoms with E-state index in [-0.39, 0.29) is 11.3 Å². The molecule has 3 nitrogen and oxygen atoms in total. The summed E-state index contributed by atoms with van der Waals surface area (Å²) in [6.45, 7) is 10.4. The number of rotatable bonds is 3. The van der Waals surface area contributed by atoms with Crippen LogP contribution in [0.5, 0.6) is 0 Å². The molecule has 0 fully saturated rings. The van der Waals surface area contributed by atoms with Gasteiger partial charge in [0.15, 0.2) is 5.17 Å². The van der Waals surface area contributed by atoms with Gasteiger partial charge in [-0.25, -0.2) is 0 Å². The van der Waals surface area contributed by atoms with Crippen molar-refractivity contribution in [3.63, 3.8) is 0 Å². The molecule has 138 valence electrons. The number of thioether (sulfide) groups is 1. The van der Waals surface area contributed by atoms with Crippen molar-refractivity contribution >= 4 is 40.1 Å². The molecule has 2 rings (SSSR count). The molecule has 0 aliphatic rings. The first-order chi connectivity index (χ1) is 12.2. The van der Waals surface area contributed by atoms with Crippen LogP contribution in [-0.2, 0) is 5.41 Å². The molecule has 2 aromatic carbocycles. The fraction of sp³-hybridized carbons (Fsp3) is 0.333. The highest BCUT2D eigenvalue weighted by molar-refractivity contribution is 8.14. The number of carbonyl (C=O) groups excluding carboxylic acids is 1. The van der Waals surface area contributed by atoms with Crippen molar-refractivity contribution < 1.29 is 4.79 Å². The van der Waals surface area contributed by atoms with Crippen molar-refractivity contribution in [2.24, 2.45) is 4.99 Å². The van der Waals surface area contributed by atoms with Gasteiger partial charge < -0.3 is 5.32 Å². The Morgan fingerprint density at radius 3 is 2.38 bits per heavy atom. The van der Waals surface area contributed by atoms with Gasteiger partial charge in [0.2, 0.25) is 0 Å². The van der Waals surface area contributed by atoms with Crippen molar-refractivity contribution in [2.75, 3.05) is 11.1 Å². The van der Waals surface area contributed by atoms with Crippen LogP contribution in [0.15, 0.2) is 47.5 Å². The molecule has 0 saturated carbocycles. The van der Waals surface area contributed by atoms with E-state index in [9.17, 15) is 4.79 Å². The van der Waals surface area contributed by atoms with E-state index >= 15 is 0 Å². The van der Waals surface area contributed by atoms with Gasteiger partial charge in [0, 0.05) is 5.56 Å². The molecule has 0 aromatic heterocycles. The lowest BCUT2D eigenvalue weighted by Gasteiger charge is -2.18. The van der Waals surface area contributed by atoms with Gasteiger partial charge in [0.25, 0.3) is 5.91 Å². The van der Waals surface area contributed by atoms with Crippen molar-refractivity contribution in [2.45, 2.75) is 40.0 Å². The van der Waals surface area contributed by atoms with Crippen molar-refractivity contribution in [3.8, 4) is 0 Å². The molecule has 0 unspecified atom stereocenters. The number of nitrogens with zero attached hydrogens (tertiary/aromatic N) is 1. The van der Waals surface area contributed by atoms with E-state index in [2.05, 4.69) is 31.1 Å². The molecule has 0 spiro atoms. The predicted octanol–water partition coefficient (Wildman–Crippen LogP) is 6.31. The van der Waals surface area contributed by atoms with Gasteiger partial charge in [-0.2, -0.15) is 4.99 Å². The highest BCUT2D eigenvalue weighted by Crippen LogP contribution is 2.25. The Morgan fingerprint density at radius 1 is 1.15 bits per heavy atom. The minimum atomic E-state index is -0.266. The van der Waals surface area contributed by atoms with Crippen LogP contribution in [-0.4, -0.2) is 16.8 Å². The molecule has 0 aliphatic carbocycles. The first-order valence-electron chi connectivity index (χ1n) is 8.60. The molecular formula is C21H25ClN2OS. The van der Waals surface area contributed by atoms with Crippen LogP contribution in [0.2, 0.25) is 5.02 Å². The summed E-state index contributed by atoms with van der Waals surface area (Å²) >= 11 is 7.72. The SMILES string of the molecule is CCSC(=NC(=O)c1ccc(C(C)(C)C)cc1)Nc1cc(C)ccc1Cl. The summed E-state index contributed by atoms with van der Waals surface area (Å²) in [4.78, 5) is 16.8. The summed E-state index contributed by atoms with van der Waals surface area (Å²) < 4.78 is 0. The number of aryl methyl sites for hydroxylation is 1. The van der Waals surface area contributed by atoms with Gasteiger partial charge >= 0.3 is 0 Å². The Morgan fingerprint density at radius 2 is 1.81 bits per heavy atom. The quantitative estimate of drug-likeness (QED) is 0.495. The summed E-state index contributed by atoms with van der Waals surface area (Å²) in [5.41, 5.74) is 3.65. The number of halogens is 1. The second kappa shape index (κ2) is 8.74. The predicted molar refractivity (Wildman–Crippen MR) is 115 cm³/mol. The normalized spacial score (nSPS) is 12.2. The van der Waals surface area contributed by atoms with Crippen LogP contribution in [0.25, 0.3) is 0 Å². The van der Waals surface area contributed by atoms with Crippen LogP contribution in [0, 0.1) is 6.92 Å². The van der Waals surface area contributed by atoms with Crippen LogP contribution >= 0.6 is 23.4 Å². The smallest absolute Gasteiger partial charge is 0.279 e. The first kappa shape index (κ1) is 20.5. The van der Waals surface area contributed by atoms with Gasteiger partial charge in [-0.3, -0.25) is 4.79 Å². The molecule has 1 amide bonds. The van der Waals surface area contributed by atoms with Crippen LogP contribution < -0.4 is 5.32 Å². The van der Waals surface area contributed by atoms with Gasteiger partial charge in [-0.05, 0) is 53.5 Å². The number of carbonyl (C=O) groups is 1. The van der Waals surface area contributed by atoms with Gasteiger partial charge in [0.1, 0.15) is 0 Å². The zero-order valence-corrected chi connectivity index (χ0v) is 17.5. The maximum absolute atomic E-state index is 12.6. The Hall–Kier alpha value is -1.78. The van der Waals surface area contributed by atoms with E-state index in [0.29, 0.717) is 15.8 Å². The number of aliphatic imine (C=N–C) groups is 1. The summed E-state index contributed by atoms with van der Waals surface area (Å²) in [5.74, 6) is 0.531. The third kappa shape index (κ3) is 5.61. The van der Waals surface area contributed by atoms with E-state index in [4.69, 9.17) is 11.6 Å².